The zero-order valence-electron chi connectivity index (χ0n) is 32.3. The Morgan fingerprint density at radius 1 is 0.339 bits per heavy atom. The molecule has 0 N–H and O–H groups in total. The first-order valence-electron chi connectivity index (χ1n) is 19.6. The zero-order chi connectivity index (χ0) is 38.0. The quantitative estimate of drug-likeness (QED) is 0.169. The van der Waals surface area contributed by atoms with Crippen LogP contribution in [-0.4, -0.2) is 0 Å². The molecule has 2 nitrogen and oxygen atoms in total. The molecular formula is C54H43NO. The van der Waals surface area contributed by atoms with Crippen molar-refractivity contribution < 1.29 is 4.74 Å². The summed E-state index contributed by atoms with van der Waals surface area (Å²) < 4.78 is 6.65. The van der Waals surface area contributed by atoms with Crippen LogP contribution in [0.15, 0.2) is 188 Å². The van der Waals surface area contributed by atoms with Crippen LogP contribution in [0.3, 0.4) is 0 Å². The Hall–Kier alpha value is -6.64. The fourth-order valence-electron chi connectivity index (χ4n) is 9.05. The van der Waals surface area contributed by atoms with Crippen LogP contribution in [0.1, 0.15) is 49.9 Å². The van der Waals surface area contributed by atoms with E-state index in [0.717, 1.165) is 39.7 Å². The predicted octanol–water partition coefficient (Wildman–Crippen LogP) is 14.9. The predicted molar refractivity (Wildman–Crippen MR) is 234 cm³/mol. The van der Waals surface area contributed by atoms with Crippen molar-refractivity contribution in [2.24, 2.45) is 0 Å². The maximum absolute atomic E-state index is 6.65. The lowest BCUT2D eigenvalue weighted by molar-refractivity contribution is 0.419. The topological polar surface area (TPSA) is 12.5 Å². The maximum atomic E-state index is 6.65. The first-order chi connectivity index (χ1) is 27.3. The third kappa shape index (κ3) is 5.47. The molecule has 2 aliphatic rings. The third-order valence-electron chi connectivity index (χ3n) is 12.2. The number of fused-ring (bicyclic) bond motifs is 5. The largest absolute Gasteiger partial charge is 0.456 e. The van der Waals surface area contributed by atoms with Crippen LogP contribution in [0.2, 0.25) is 0 Å². The maximum Gasteiger partial charge on any atom is 0.139 e. The van der Waals surface area contributed by atoms with Crippen molar-refractivity contribution in [1.82, 2.24) is 0 Å². The Morgan fingerprint density at radius 3 is 1.48 bits per heavy atom. The van der Waals surface area contributed by atoms with Gasteiger partial charge in [0.15, 0.2) is 0 Å². The highest BCUT2D eigenvalue weighted by atomic mass is 16.5. The van der Waals surface area contributed by atoms with Crippen LogP contribution in [0.5, 0.6) is 11.5 Å². The van der Waals surface area contributed by atoms with Crippen molar-refractivity contribution in [2.75, 3.05) is 4.90 Å². The van der Waals surface area contributed by atoms with E-state index < -0.39 is 0 Å². The van der Waals surface area contributed by atoms with E-state index in [1.54, 1.807) is 0 Å². The van der Waals surface area contributed by atoms with Crippen LogP contribution in [0.4, 0.5) is 17.1 Å². The van der Waals surface area contributed by atoms with Gasteiger partial charge in [0.1, 0.15) is 11.5 Å². The molecule has 0 amide bonds. The highest BCUT2D eigenvalue weighted by Crippen LogP contribution is 2.52. The number of hydrogen-bond donors (Lipinski definition) is 0. The van der Waals surface area contributed by atoms with E-state index in [2.05, 4.69) is 221 Å². The Balaban J connectivity index is 1.02. The number of rotatable bonds is 6. The van der Waals surface area contributed by atoms with Gasteiger partial charge in [-0.15, -0.1) is 0 Å². The lowest BCUT2D eigenvalue weighted by atomic mass is 9.75. The second-order valence-corrected chi connectivity index (χ2v) is 16.2. The molecule has 1 aliphatic carbocycles. The Labute approximate surface area is 330 Å². The van der Waals surface area contributed by atoms with Gasteiger partial charge < -0.3 is 9.64 Å². The van der Waals surface area contributed by atoms with Gasteiger partial charge in [0.2, 0.25) is 0 Å². The lowest BCUT2D eigenvalue weighted by Gasteiger charge is -2.35. The smallest absolute Gasteiger partial charge is 0.139 e. The molecule has 0 atom stereocenters. The van der Waals surface area contributed by atoms with E-state index in [1.165, 1.54) is 55.6 Å². The summed E-state index contributed by atoms with van der Waals surface area (Å²) >= 11 is 0. The second kappa shape index (κ2) is 13.0. The molecule has 0 saturated carbocycles. The van der Waals surface area contributed by atoms with Gasteiger partial charge in [-0.25, -0.2) is 0 Å². The van der Waals surface area contributed by atoms with Gasteiger partial charge in [0.25, 0.3) is 0 Å². The molecule has 0 radical (unpaired) electrons. The Morgan fingerprint density at radius 2 is 0.804 bits per heavy atom. The van der Waals surface area contributed by atoms with Crippen LogP contribution < -0.4 is 9.64 Å². The van der Waals surface area contributed by atoms with Gasteiger partial charge >= 0.3 is 0 Å². The summed E-state index contributed by atoms with van der Waals surface area (Å²) in [7, 11) is 0. The van der Waals surface area contributed by atoms with Crippen molar-refractivity contribution in [1.29, 1.82) is 0 Å². The molecule has 0 bridgehead atoms. The lowest BCUT2D eigenvalue weighted by Crippen LogP contribution is -2.24. The average molecular weight is 722 g/mol. The molecule has 0 unspecified atom stereocenters. The normalized spacial score (nSPS) is 14.1. The molecule has 8 aromatic rings. The van der Waals surface area contributed by atoms with Gasteiger partial charge in [-0.05, 0) is 98.6 Å². The van der Waals surface area contributed by atoms with Gasteiger partial charge in [-0.1, -0.05) is 167 Å². The number of hydrogen-bond acceptors (Lipinski definition) is 2. The Bertz CT molecular complexity index is 2740. The minimum absolute atomic E-state index is 0.0391. The van der Waals surface area contributed by atoms with E-state index in [1.807, 2.05) is 0 Å². The molecule has 10 rings (SSSR count). The van der Waals surface area contributed by atoms with Crippen LogP contribution in [0.25, 0.3) is 44.5 Å². The number of ether oxygens (including phenoxy) is 1. The monoisotopic (exact) mass is 721 g/mol. The molecule has 1 aliphatic heterocycles. The average Bonchev–Trinajstić information content (AvgIpc) is 3.47. The second-order valence-electron chi connectivity index (χ2n) is 16.2. The summed E-state index contributed by atoms with van der Waals surface area (Å²) in [5.74, 6) is 1.86. The van der Waals surface area contributed by atoms with E-state index in [0.29, 0.717) is 0 Å². The molecule has 0 aromatic heterocycles. The minimum Gasteiger partial charge on any atom is -0.456 e. The van der Waals surface area contributed by atoms with Crippen LogP contribution >= 0.6 is 0 Å². The van der Waals surface area contributed by atoms with Crippen molar-refractivity contribution in [3.63, 3.8) is 0 Å². The fourth-order valence-corrected chi connectivity index (χ4v) is 9.05. The standard InChI is InChI=1S/C54H43NO/c1-53(2)47-17-9-8-15-45(47)46-34-27-40(35-50(46)53)38-23-30-42(31-24-38)55(41-28-21-37(22-29-41)36-13-6-5-7-14-36)43-32-25-39(26-33-43)44-16-12-19-49-52(44)56-51-20-11-10-18-48(51)54(49,3)4/h5-35H,1-4H3. The van der Waals surface area contributed by atoms with Gasteiger partial charge in [-0.3, -0.25) is 0 Å². The van der Waals surface area contributed by atoms with E-state index in [-0.39, 0.29) is 10.8 Å². The van der Waals surface area contributed by atoms with Crippen LogP contribution in [-0.2, 0) is 10.8 Å². The summed E-state index contributed by atoms with van der Waals surface area (Å²) in [4.78, 5) is 2.35. The molecule has 1 heterocycles. The van der Waals surface area contributed by atoms with Gasteiger partial charge in [-0.2, -0.15) is 0 Å². The zero-order valence-corrected chi connectivity index (χ0v) is 32.3. The molecule has 270 valence electrons. The molecule has 8 aromatic carbocycles. The van der Waals surface area contributed by atoms with Crippen molar-refractivity contribution in [2.45, 2.75) is 38.5 Å². The molecule has 0 saturated heterocycles. The van der Waals surface area contributed by atoms with Gasteiger partial charge in [0, 0.05) is 44.6 Å². The van der Waals surface area contributed by atoms with Crippen molar-refractivity contribution >= 4 is 17.1 Å². The number of nitrogens with zero attached hydrogens (tertiary/aromatic N) is 1. The summed E-state index contributed by atoms with van der Waals surface area (Å²) in [5, 5.41) is 0. The van der Waals surface area contributed by atoms with Gasteiger partial charge in [0.05, 0.1) is 0 Å². The first kappa shape index (κ1) is 33.9. The number of benzene rings is 8. The fraction of sp³-hybridized carbons (Fsp3) is 0.111. The summed E-state index contributed by atoms with van der Waals surface area (Å²) in [6.07, 6.45) is 0. The molecule has 0 fully saturated rings. The number of para-hydroxylation sites is 2. The molecule has 0 spiro atoms. The van der Waals surface area contributed by atoms with E-state index in [4.69, 9.17) is 4.74 Å². The summed E-state index contributed by atoms with van der Waals surface area (Å²) in [6.45, 7) is 9.26. The van der Waals surface area contributed by atoms with Crippen molar-refractivity contribution in [3.8, 4) is 56.0 Å². The minimum atomic E-state index is -0.171. The summed E-state index contributed by atoms with van der Waals surface area (Å²) in [5.41, 5.74) is 18.0. The molecule has 56 heavy (non-hydrogen) atoms. The molecule has 2 heteroatoms. The first-order valence-corrected chi connectivity index (χ1v) is 19.6. The van der Waals surface area contributed by atoms with Crippen LogP contribution in [0, 0.1) is 0 Å². The number of anilines is 3. The van der Waals surface area contributed by atoms with E-state index in [9.17, 15) is 0 Å². The molecular weight excluding hydrogens is 679 g/mol. The Kier molecular flexibility index (Phi) is 7.87. The third-order valence-corrected chi connectivity index (χ3v) is 12.2. The van der Waals surface area contributed by atoms with E-state index >= 15 is 0 Å². The SMILES string of the molecule is CC1(C)c2ccccc2-c2ccc(-c3ccc(N(c4ccc(-c5ccccc5)cc4)c4ccc(-c5cccc6c5Oc5ccccc5C6(C)C)cc4)cc3)cc21. The highest BCUT2D eigenvalue weighted by molar-refractivity contribution is 5.85. The van der Waals surface area contributed by atoms with Crippen molar-refractivity contribution in [3.05, 3.63) is 210 Å². The highest BCUT2D eigenvalue weighted by Gasteiger charge is 2.36. The summed E-state index contributed by atoms with van der Waals surface area (Å²) in [6, 6.07) is 68.2.